The van der Waals surface area contributed by atoms with E-state index in [1.807, 2.05) is 55.3 Å². The maximum atomic E-state index is 12.9. The molecule has 5 nitrogen and oxygen atoms in total. The van der Waals surface area contributed by atoms with Crippen molar-refractivity contribution < 1.29 is 4.79 Å². The van der Waals surface area contributed by atoms with Crippen LogP contribution in [0.25, 0.3) is 16.7 Å². The molecule has 1 N–H and O–H groups in total. The lowest BCUT2D eigenvalue weighted by atomic mass is 10.0. The molecule has 1 aliphatic heterocycles. The minimum absolute atomic E-state index is 0.0747. The number of carbonyl (C=O) groups is 1. The molecule has 3 aromatic rings. The molecule has 2 heterocycles. The number of aryl methyl sites for hydroxylation is 1. The van der Waals surface area contributed by atoms with Crippen molar-refractivity contribution in [1.29, 1.82) is 0 Å². The molecule has 1 aromatic heterocycles. The molecule has 4 rings (SSSR count). The Kier molecular flexibility index (Phi) is 4.47. The van der Waals surface area contributed by atoms with E-state index in [4.69, 9.17) is 0 Å². The summed E-state index contributed by atoms with van der Waals surface area (Å²) in [5.41, 5.74) is 3.67. The molecule has 1 amide bonds. The normalized spacial score (nSPS) is 15.3. The minimum Gasteiger partial charge on any atom is -0.339 e. The molecular weight excluding hydrogens is 324 g/mol. The second-order valence-corrected chi connectivity index (χ2v) is 6.93. The predicted octanol–water partition coefficient (Wildman–Crippen LogP) is 3.16. The monoisotopic (exact) mass is 348 g/mol. The summed E-state index contributed by atoms with van der Waals surface area (Å²) in [6.07, 6.45) is 2.01. The van der Waals surface area contributed by atoms with Gasteiger partial charge in [0.15, 0.2) is 0 Å². The van der Waals surface area contributed by atoms with Crippen LogP contribution in [0.15, 0.2) is 48.5 Å². The Balaban J connectivity index is 1.67. The van der Waals surface area contributed by atoms with Crippen LogP contribution in [0.1, 0.15) is 29.0 Å². The Hall–Kier alpha value is -2.66. The van der Waals surface area contributed by atoms with Crippen molar-refractivity contribution in [3.8, 4) is 5.69 Å². The summed E-state index contributed by atoms with van der Waals surface area (Å²) in [4.78, 5) is 19.5. The van der Waals surface area contributed by atoms with E-state index < -0.39 is 0 Å². The van der Waals surface area contributed by atoms with Gasteiger partial charge in [0, 0.05) is 24.3 Å². The molecule has 0 spiro atoms. The lowest BCUT2D eigenvalue weighted by molar-refractivity contribution is 0.0703. The highest BCUT2D eigenvalue weighted by Gasteiger charge is 2.23. The van der Waals surface area contributed by atoms with E-state index in [1.165, 1.54) is 0 Å². The Morgan fingerprint density at radius 2 is 1.88 bits per heavy atom. The summed E-state index contributed by atoms with van der Waals surface area (Å²) < 4.78 is 2.13. The van der Waals surface area contributed by atoms with Gasteiger partial charge in [-0.15, -0.1) is 0 Å². The molecular formula is C21H24N4O. The number of nitrogens with zero attached hydrogens (tertiary/aromatic N) is 3. The first kappa shape index (κ1) is 16.8. The molecule has 26 heavy (non-hydrogen) atoms. The third kappa shape index (κ3) is 2.99. The average molecular weight is 348 g/mol. The number of piperidine rings is 1. The van der Waals surface area contributed by atoms with Gasteiger partial charge < -0.3 is 10.2 Å². The number of nitrogens with one attached hydrogen (secondary N) is 1. The molecule has 5 heteroatoms. The minimum atomic E-state index is 0.0747. The number of aromatic nitrogens is 2. The molecule has 1 saturated heterocycles. The molecule has 2 aromatic carbocycles. The van der Waals surface area contributed by atoms with E-state index in [9.17, 15) is 4.79 Å². The molecule has 0 radical (unpaired) electrons. The number of amides is 1. The smallest absolute Gasteiger partial charge is 0.253 e. The number of imidazole rings is 1. The van der Waals surface area contributed by atoms with Gasteiger partial charge in [-0.05, 0) is 63.2 Å². The molecule has 1 fully saturated rings. The fraction of sp³-hybridized carbons (Fsp3) is 0.333. The van der Waals surface area contributed by atoms with Gasteiger partial charge in [-0.2, -0.15) is 0 Å². The van der Waals surface area contributed by atoms with Crippen LogP contribution in [0.5, 0.6) is 0 Å². The number of para-hydroxylation sites is 1. The van der Waals surface area contributed by atoms with Gasteiger partial charge in [0.1, 0.15) is 5.82 Å². The first-order chi connectivity index (χ1) is 12.6. The number of fused-ring (bicyclic) bond motifs is 1. The molecule has 0 atom stereocenters. The van der Waals surface area contributed by atoms with Gasteiger partial charge in [-0.25, -0.2) is 4.98 Å². The van der Waals surface area contributed by atoms with E-state index in [0.717, 1.165) is 48.5 Å². The summed E-state index contributed by atoms with van der Waals surface area (Å²) in [6, 6.07) is 16.3. The summed E-state index contributed by atoms with van der Waals surface area (Å²) in [5.74, 6) is 0.994. The zero-order valence-electron chi connectivity index (χ0n) is 15.3. The lowest BCUT2D eigenvalue weighted by Crippen LogP contribution is -2.43. The second kappa shape index (κ2) is 6.92. The summed E-state index contributed by atoms with van der Waals surface area (Å²) in [7, 11) is 1.91. The van der Waals surface area contributed by atoms with Crippen LogP contribution in [0.2, 0.25) is 0 Å². The van der Waals surface area contributed by atoms with Gasteiger partial charge in [0.2, 0.25) is 0 Å². The number of rotatable bonds is 3. The number of benzene rings is 2. The molecule has 1 aliphatic rings. The van der Waals surface area contributed by atoms with Crippen LogP contribution in [0, 0.1) is 6.92 Å². The standard InChI is InChI=1S/C21H24N4O/c1-15-23-19-14-16(21(26)24(2)17-10-12-22-13-11-17)8-9-20(19)25(15)18-6-4-3-5-7-18/h3-9,14,17,22H,10-13H2,1-2H3. The largest absolute Gasteiger partial charge is 0.339 e. The molecule has 0 aliphatic carbocycles. The van der Waals surface area contributed by atoms with E-state index in [1.54, 1.807) is 0 Å². The Morgan fingerprint density at radius 3 is 2.62 bits per heavy atom. The SMILES string of the molecule is Cc1nc2cc(C(=O)N(C)C3CCNCC3)ccc2n1-c1ccccc1. The zero-order valence-corrected chi connectivity index (χ0v) is 15.3. The van der Waals surface area contributed by atoms with Crippen LogP contribution in [-0.2, 0) is 0 Å². The van der Waals surface area contributed by atoms with Gasteiger partial charge in [0.05, 0.1) is 11.0 Å². The third-order valence-corrected chi connectivity index (χ3v) is 5.26. The topological polar surface area (TPSA) is 50.2 Å². The fourth-order valence-corrected chi connectivity index (χ4v) is 3.80. The fourth-order valence-electron chi connectivity index (χ4n) is 3.80. The van der Waals surface area contributed by atoms with Crippen molar-refractivity contribution in [3.05, 3.63) is 59.9 Å². The maximum absolute atomic E-state index is 12.9. The Morgan fingerprint density at radius 1 is 1.15 bits per heavy atom. The second-order valence-electron chi connectivity index (χ2n) is 6.93. The maximum Gasteiger partial charge on any atom is 0.253 e. The molecule has 0 saturated carbocycles. The van der Waals surface area contributed by atoms with Crippen molar-refractivity contribution in [3.63, 3.8) is 0 Å². The van der Waals surface area contributed by atoms with Crippen molar-refractivity contribution in [2.45, 2.75) is 25.8 Å². The van der Waals surface area contributed by atoms with Crippen LogP contribution in [-0.4, -0.2) is 46.5 Å². The van der Waals surface area contributed by atoms with Crippen LogP contribution >= 0.6 is 0 Å². The quantitative estimate of drug-likeness (QED) is 0.791. The van der Waals surface area contributed by atoms with Crippen molar-refractivity contribution >= 4 is 16.9 Å². The highest BCUT2D eigenvalue weighted by atomic mass is 16.2. The highest BCUT2D eigenvalue weighted by Crippen LogP contribution is 2.23. The molecule has 0 unspecified atom stereocenters. The number of hydrogen-bond donors (Lipinski definition) is 1. The van der Waals surface area contributed by atoms with Gasteiger partial charge in [-0.1, -0.05) is 18.2 Å². The van der Waals surface area contributed by atoms with Crippen LogP contribution in [0.4, 0.5) is 0 Å². The first-order valence-electron chi connectivity index (χ1n) is 9.17. The van der Waals surface area contributed by atoms with E-state index >= 15 is 0 Å². The summed E-state index contributed by atoms with van der Waals surface area (Å²) in [5, 5.41) is 3.35. The molecule has 0 bridgehead atoms. The Bertz CT molecular complexity index is 926. The van der Waals surface area contributed by atoms with Crippen molar-refractivity contribution in [2.24, 2.45) is 0 Å². The lowest BCUT2D eigenvalue weighted by Gasteiger charge is -2.31. The Labute approximate surface area is 153 Å². The van der Waals surface area contributed by atoms with Gasteiger partial charge in [0.25, 0.3) is 5.91 Å². The third-order valence-electron chi connectivity index (χ3n) is 5.26. The summed E-state index contributed by atoms with van der Waals surface area (Å²) >= 11 is 0. The number of hydrogen-bond acceptors (Lipinski definition) is 3. The van der Waals surface area contributed by atoms with Crippen molar-refractivity contribution in [2.75, 3.05) is 20.1 Å². The predicted molar refractivity (Wildman–Crippen MR) is 104 cm³/mol. The van der Waals surface area contributed by atoms with Crippen molar-refractivity contribution in [1.82, 2.24) is 19.8 Å². The zero-order chi connectivity index (χ0) is 18.1. The molecule has 134 valence electrons. The average Bonchev–Trinajstić information content (AvgIpc) is 3.03. The highest BCUT2D eigenvalue weighted by molar-refractivity contribution is 5.97. The summed E-state index contributed by atoms with van der Waals surface area (Å²) in [6.45, 7) is 3.94. The van der Waals surface area contributed by atoms with Gasteiger partial charge >= 0.3 is 0 Å². The van der Waals surface area contributed by atoms with E-state index in [0.29, 0.717) is 11.6 Å². The van der Waals surface area contributed by atoms with E-state index in [-0.39, 0.29) is 5.91 Å². The van der Waals surface area contributed by atoms with Crippen LogP contribution in [0.3, 0.4) is 0 Å². The van der Waals surface area contributed by atoms with Gasteiger partial charge in [-0.3, -0.25) is 9.36 Å². The van der Waals surface area contributed by atoms with E-state index in [2.05, 4.69) is 27.0 Å². The number of carbonyl (C=O) groups excluding carboxylic acids is 1. The van der Waals surface area contributed by atoms with Crippen LogP contribution < -0.4 is 5.32 Å². The first-order valence-corrected chi connectivity index (χ1v) is 9.17.